The number of benzene rings is 1. The molecule has 0 aromatic heterocycles. The second-order valence-corrected chi connectivity index (χ2v) is 4.36. The number of nitrogens with one attached hydrogen (secondary N) is 1. The summed E-state index contributed by atoms with van der Waals surface area (Å²) in [6.07, 6.45) is 3.24. The lowest BCUT2D eigenvalue weighted by molar-refractivity contribution is -0.124. The third-order valence-electron chi connectivity index (χ3n) is 2.88. The van der Waals surface area contributed by atoms with Gasteiger partial charge in [-0.15, -0.1) is 0 Å². The van der Waals surface area contributed by atoms with E-state index in [4.69, 9.17) is 5.73 Å². The van der Waals surface area contributed by atoms with Crippen LogP contribution in [0.25, 0.3) is 0 Å². The van der Waals surface area contributed by atoms with Crippen molar-refractivity contribution in [3.63, 3.8) is 0 Å². The molecule has 4 heteroatoms. The van der Waals surface area contributed by atoms with E-state index in [-0.39, 0.29) is 11.8 Å². The second kappa shape index (κ2) is 7.48. The van der Waals surface area contributed by atoms with Crippen molar-refractivity contribution in [3.8, 4) is 0 Å². The van der Waals surface area contributed by atoms with Crippen LogP contribution in [0.2, 0.25) is 0 Å². The first-order valence-corrected chi connectivity index (χ1v) is 6.27. The molecule has 0 saturated carbocycles. The van der Waals surface area contributed by atoms with E-state index in [1.54, 1.807) is 0 Å². The summed E-state index contributed by atoms with van der Waals surface area (Å²) in [7, 11) is 0. The van der Waals surface area contributed by atoms with Crippen molar-refractivity contribution in [2.75, 3.05) is 0 Å². The van der Waals surface area contributed by atoms with E-state index in [1.807, 2.05) is 37.3 Å². The molecule has 1 aromatic carbocycles. The van der Waals surface area contributed by atoms with E-state index in [2.05, 4.69) is 5.32 Å². The molecule has 0 unspecified atom stereocenters. The number of urea groups is 1. The summed E-state index contributed by atoms with van der Waals surface area (Å²) in [5, 5.41) is 2.16. The number of hydrogen-bond donors (Lipinski definition) is 2. The zero-order valence-electron chi connectivity index (χ0n) is 10.7. The van der Waals surface area contributed by atoms with Gasteiger partial charge >= 0.3 is 6.03 Å². The molecule has 0 aliphatic heterocycles. The zero-order chi connectivity index (χ0) is 13.4. The number of carbonyl (C=O) groups excluding carboxylic acids is 2. The minimum absolute atomic E-state index is 0.150. The number of primary amides is 1. The van der Waals surface area contributed by atoms with Gasteiger partial charge in [0.2, 0.25) is 5.91 Å². The van der Waals surface area contributed by atoms with Gasteiger partial charge in [-0.05, 0) is 24.8 Å². The molecule has 4 nitrogen and oxygen atoms in total. The fourth-order valence-corrected chi connectivity index (χ4v) is 1.96. The van der Waals surface area contributed by atoms with Gasteiger partial charge in [0.05, 0.1) is 0 Å². The van der Waals surface area contributed by atoms with Crippen LogP contribution in [-0.4, -0.2) is 11.9 Å². The highest BCUT2D eigenvalue weighted by atomic mass is 16.2. The molecule has 0 radical (unpaired) electrons. The molecule has 0 aliphatic rings. The lowest BCUT2D eigenvalue weighted by atomic mass is 9.94. The summed E-state index contributed by atoms with van der Waals surface area (Å²) in [6, 6.07) is 9.22. The van der Waals surface area contributed by atoms with Gasteiger partial charge in [-0.25, -0.2) is 4.79 Å². The van der Waals surface area contributed by atoms with E-state index in [1.165, 1.54) is 5.56 Å². The normalized spacial score (nSPS) is 11.8. The summed E-state index contributed by atoms with van der Waals surface area (Å²) in [5.74, 6) is -0.414. The first-order valence-electron chi connectivity index (χ1n) is 6.27. The Kier molecular flexibility index (Phi) is 5.91. The number of carbonyl (C=O) groups is 2. The SMILES string of the molecule is CCC[C@H](CCc1ccccc1)C(=O)NC(N)=O. The Morgan fingerprint density at radius 3 is 2.44 bits per heavy atom. The number of nitrogens with two attached hydrogens (primary N) is 1. The maximum absolute atomic E-state index is 11.8. The van der Waals surface area contributed by atoms with Crippen LogP contribution in [0.1, 0.15) is 31.7 Å². The Morgan fingerprint density at radius 1 is 1.22 bits per heavy atom. The minimum atomic E-state index is -0.777. The third-order valence-corrected chi connectivity index (χ3v) is 2.88. The summed E-state index contributed by atoms with van der Waals surface area (Å²) >= 11 is 0. The van der Waals surface area contributed by atoms with E-state index >= 15 is 0 Å². The zero-order valence-corrected chi connectivity index (χ0v) is 10.7. The molecule has 98 valence electrons. The van der Waals surface area contributed by atoms with Crippen LogP contribution in [0.15, 0.2) is 30.3 Å². The van der Waals surface area contributed by atoms with Gasteiger partial charge in [0.15, 0.2) is 0 Å². The molecular weight excluding hydrogens is 228 g/mol. The molecule has 1 aromatic rings. The monoisotopic (exact) mass is 248 g/mol. The van der Waals surface area contributed by atoms with Crippen molar-refractivity contribution < 1.29 is 9.59 Å². The summed E-state index contributed by atoms with van der Waals surface area (Å²) < 4.78 is 0. The van der Waals surface area contributed by atoms with Gasteiger partial charge in [-0.3, -0.25) is 10.1 Å². The first kappa shape index (κ1) is 14.2. The van der Waals surface area contributed by atoms with Crippen molar-refractivity contribution in [3.05, 3.63) is 35.9 Å². The van der Waals surface area contributed by atoms with Crippen LogP contribution in [0.5, 0.6) is 0 Å². The van der Waals surface area contributed by atoms with E-state index in [9.17, 15) is 9.59 Å². The third kappa shape index (κ3) is 4.99. The molecule has 0 bridgehead atoms. The van der Waals surface area contributed by atoms with E-state index < -0.39 is 6.03 Å². The Bertz CT molecular complexity index is 390. The first-order chi connectivity index (χ1) is 8.63. The van der Waals surface area contributed by atoms with Gasteiger partial charge in [0.1, 0.15) is 0 Å². The molecule has 0 aliphatic carbocycles. The standard InChI is InChI=1S/C14H20N2O2/c1-2-6-12(13(17)16-14(15)18)10-9-11-7-4-3-5-8-11/h3-5,7-8,12H,2,6,9-10H2,1H3,(H3,15,16,17,18)/t12-/m1/s1. The van der Waals surface area contributed by atoms with Crippen molar-refractivity contribution >= 4 is 11.9 Å². The van der Waals surface area contributed by atoms with E-state index in [0.29, 0.717) is 0 Å². The molecule has 18 heavy (non-hydrogen) atoms. The van der Waals surface area contributed by atoms with Crippen molar-refractivity contribution in [2.45, 2.75) is 32.6 Å². The number of aryl methyl sites for hydroxylation is 1. The molecule has 3 N–H and O–H groups in total. The molecular formula is C14H20N2O2. The second-order valence-electron chi connectivity index (χ2n) is 4.36. The minimum Gasteiger partial charge on any atom is -0.351 e. The Balaban J connectivity index is 2.52. The molecule has 0 saturated heterocycles. The molecule has 1 rings (SSSR count). The van der Waals surface area contributed by atoms with Crippen LogP contribution in [0.3, 0.4) is 0 Å². The quantitative estimate of drug-likeness (QED) is 0.810. The fraction of sp³-hybridized carbons (Fsp3) is 0.429. The van der Waals surface area contributed by atoms with Crippen LogP contribution in [0, 0.1) is 5.92 Å². The predicted molar refractivity (Wildman–Crippen MR) is 70.9 cm³/mol. The highest BCUT2D eigenvalue weighted by Crippen LogP contribution is 2.15. The van der Waals surface area contributed by atoms with Crippen LogP contribution in [-0.2, 0) is 11.2 Å². The average molecular weight is 248 g/mol. The van der Waals surface area contributed by atoms with Crippen LogP contribution < -0.4 is 11.1 Å². The number of rotatable bonds is 6. The number of imide groups is 1. The number of hydrogen-bond acceptors (Lipinski definition) is 2. The van der Waals surface area contributed by atoms with Gasteiger partial charge in [-0.2, -0.15) is 0 Å². The molecule has 0 fully saturated rings. The largest absolute Gasteiger partial charge is 0.351 e. The summed E-state index contributed by atoms with van der Waals surface area (Å²) in [4.78, 5) is 22.4. The highest BCUT2D eigenvalue weighted by molar-refractivity contribution is 5.94. The molecule has 1 atom stereocenters. The maximum Gasteiger partial charge on any atom is 0.318 e. The molecule has 0 spiro atoms. The summed E-state index contributed by atoms with van der Waals surface area (Å²) in [6.45, 7) is 2.02. The lowest BCUT2D eigenvalue weighted by Crippen LogP contribution is -2.39. The highest BCUT2D eigenvalue weighted by Gasteiger charge is 2.18. The van der Waals surface area contributed by atoms with Crippen molar-refractivity contribution in [1.29, 1.82) is 0 Å². The molecule has 0 heterocycles. The van der Waals surface area contributed by atoms with Gasteiger partial charge in [-0.1, -0.05) is 43.7 Å². The van der Waals surface area contributed by atoms with Crippen molar-refractivity contribution in [1.82, 2.24) is 5.32 Å². The van der Waals surface area contributed by atoms with Crippen LogP contribution in [0.4, 0.5) is 4.79 Å². The van der Waals surface area contributed by atoms with Gasteiger partial charge < -0.3 is 5.73 Å². The Labute approximate surface area is 108 Å². The summed E-state index contributed by atoms with van der Waals surface area (Å²) in [5.41, 5.74) is 6.16. The van der Waals surface area contributed by atoms with Gasteiger partial charge in [0, 0.05) is 5.92 Å². The van der Waals surface area contributed by atoms with E-state index in [0.717, 1.165) is 25.7 Å². The van der Waals surface area contributed by atoms with Crippen molar-refractivity contribution in [2.24, 2.45) is 11.7 Å². The number of amides is 3. The average Bonchev–Trinajstić information content (AvgIpc) is 2.34. The Morgan fingerprint density at radius 2 is 1.89 bits per heavy atom. The predicted octanol–water partition coefficient (Wildman–Crippen LogP) is 2.23. The smallest absolute Gasteiger partial charge is 0.318 e. The Hall–Kier alpha value is -1.84. The maximum atomic E-state index is 11.8. The van der Waals surface area contributed by atoms with Gasteiger partial charge in [0.25, 0.3) is 0 Å². The lowest BCUT2D eigenvalue weighted by Gasteiger charge is -2.14. The van der Waals surface area contributed by atoms with Crippen LogP contribution >= 0.6 is 0 Å². The fourth-order valence-electron chi connectivity index (χ4n) is 1.96. The topological polar surface area (TPSA) is 72.2 Å². The molecule has 3 amide bonds.